The van der Waals surface area contributed by atoms with Crippen LogP contribution in [0, 0.1) is 20.8 Å². The molecule has 0 saturated heterocycles. The van der Waals surface area contributed by atoms with Crippen molar-refractivity contribution in [2.75, 3.05) is 17.2 Å². The summed E-state index contributed by atoms with van der Waals surface area (Å²) in [4.78, 5) is 33.6. The van der Waals surface area contributed by atoms with Crippen molar-refractivity contribution in [3.8, 4) is 10.4 Å². The van der Waals surface area contributed by atoms with Gasteiger partial charge in [-0.3, -0.25) is 4.79 Å². The third-order valence-corrected chi connectivity index (χ3v) is 6.22. The minimum absolute atomic E-state index is 0.236. The molecule has 3 aromatic rings. The summed E-state index contributed by atoms with van der Waals surface area (Å²) >= 11 is 7.66. The SMILES string of the molecule is C=C(Nc1cc(-c2sc(NC(=O)CNC(=O)OC(C)(C)C)nc2C)cnc1Cl)c1cc(C)cc(C)c1. The summed E-state index contributed by atoms with van der Waals surface area (Å²) in [6.07, 6.45) is 0.992. The molecule has 2 heterocycles. The number of benzene rings is 1. The number of pyridine rings is 1. The van der Waals surface area contributed by atoms with Gasteiger partial charge in [-0.05, 0) is 65.3 Å². The lowest BCUT2D eigenvalue weighted by atomic mass is 10.1. The van der Waals surface area contributed by atoms with Gasteiger partial charge in [0.05, 0.1) is 16.3 Å². The van der Waals surface area contributed by atoms with Crippen LogP contribution in [0.3, 0.4) is 0 Å². The van der Waals surface area contributed by atoms with Crippen LogP contribution in [0.15, 0.2) is 37.0 Å². The zero-order valence-electron chi connectivity index (χ0n) is 21.2. The van der Waals surface area contributed by atoms with E-state index in [1.54, 1.807) is 27.0 Å². The lowest BCUT2D eigenvalue weighted by Crippen LogP contribution is -2.37. The van der Waals surface area contributed by atoms with E-state index in [1.165, 1.54) is 11.3 Å². The van der Waals surface area contributed by atoms with Crippen LogP contribution in [0.1, 0.15) is 43.2 Å². The maximum absolute atomic E-state index is 12.3. The fraction of sp³-hybridized carbons (Fsp3) is 0.308. The van der Waals surface area contributed by atoms with Crippen LogP contribution < -0.4 is 16.0 Å². The molecule has 0 unspecified atom stereocenters. The number of hydrogen-bond donors (Lipinski definition) is 3. The summed E-state index contributed by atoms with van der Waals surface area (Å²) in [6, 6.07) is 8.07. The number of ether oxygens (including phenoxy) is 1. The molecule has 3 N–H and O–H groups in total. The highest BCUT2D eigenvalue weighted by Crippen LogP contribution is 2.35. The topological polar surface area (TPSA) is 105 Å². The Morgan fingerprint density at radius 2 is 1.75 bits per heavy atom. The van der Waals surface area contributed by atoms with Crippen molar-refractivity contribution < 1.29 is 14.3 Å². The van der Waals surface area contributed by atoms with Crippen LogP contribution >= 0.6 is 22.9 Å². The molecule has 0 radical (unpaired) electrons. The van der Waals surface area contributed by atoms with Gasteiger partial charge in [0.15, 0.2) is 10.3 Å². The standard InChI is InChI=1S/C26H30ClN5O3S/c1-14-8-15(2)10-18(9-14)16(3)30-20-11-19(12-28-23(20)27)22-17(4)31-24(36-22)32-21(33)13-29-25(34)35-26(5,6)7/h8-12,30H,3,13H2,1-2,4-7H3,(H,29,34)(H,31,32,33). The van der Waals surface area contributed by atoms with Crippen LogP contribution in [0.5, 0.6) is 0 Å². The van der Waals surface area contributed by atoms with Gasteiger partial charge in [-0.1, -0.05) is 46.7 Å². The summed E-state index contributed by atoms with van der Waals surface area (Å²) in [5, 5.41) is 9.12. The van der Waals surface area contributed by atoms with Crippen molar-refractivity contribution in [3.63, 3.8) is 0 Å². The van der Waals surface area contributed by atoms with Crippen molar-refractivity contribution in [1.82, 2.24) is 15.3 Å². The van der Waals surface area contributed by atoms with Crippen molar-refractivity contribution in [3.05, 3.63) is 64.6 Å². The van der Waals surface area contributed by atoms with E-state index in [0.29, 0.717) is 21.7 Å². The summed E-state index contributed by atoms with van der Waals surface area (Å²) < 4.78 is 5.13. The third-order valence-electron chi connectivity index (χ3n) is 4.79. The van der Waals surface area contributed by atoms with E-state index in [0.717, 1.165) is 32.8 Å². The average Bonchev–Trinajstić information content (AvgIpc) is 3.11. The first kappa shape index (κ1) is 27.2. The maximum Gasteiger partial charge on any atom is 0.408 e. The molecule has 0 fully saturated rings. The van der Waals surface area contributed by atoms with Gasteiger partial charge in [0.1, 0.15) is 12.1 Å². The number of carbonyl (C=O) groups excluding carboxylic acids is 2. The number of anilines is 2. The van der Waals surface area contributed by atoms with Gasteiger partial charge < -0.3 is 20.7 Å². The molecular formula is C26H30ClN5O3S. The Morgan fingerprint density at radius 3 is 2.39 bits per heavy atom. The van der Waals surface area contributed by atoms with Crippen molar-refractivity contribution in [1.29, 1.82) is 0 Å². The van der Waals surface area contributed by atoms with Crippen LogP contribution in [0.2, 0.25) is 5.15 Å². The number of rotatable bonds is 7. The Hall–Kier alpha value is -3.43. The first-order chi connectivity index (χ1) is 16.8. The molecule has 2 amide bonds. The van der Waals surface area contributed by atoms with Gasteiger partial charge >= 0.3 is 6.09 Å². The number of alkyl carbamates (subject to hydrolysis) is 1. The Labute approximate surface area is 220 Å². The van der Waals surface area contributed by atoms with E-state index in [1.807, 2.05) is 39.0 Å². The van der Waals surface area contributed by atoms with Crippen LogP contribution in [-0.2, 0) is 9.53 Å². The highest BCUT2D eigenvalue weighted by Gasteiger charge is 2.18. The molecule has 2 aromatic heterocycles. The lowest BCUT2D eigenvalue weighted by Gasteiger charge is -2.19. The van der Waals surface area contributed by atoms with Gasteiger partial charge in [-0.2, -0.15) is 0 Å². The Kier molecular flexibility index (Phi) is 8.37. The fourth-order valence-electron chi connectivity index (χ4n) is 3.39. The molecule has 0 bridgehead atoms. The number of hydrogen-bond acceptors (Lipinski definition) is 7. The van der Waals surface area contributed by atoms with Crippen molar-refractivity contribution >= 4 is 51.5 Å². The summed E-state index contributed by atoms with van der Waals surface area (Å²) in [6.45, 7) is 15.1. The predicted molar refractivity (Wildman–Crippen MR) is 147 cm³/mol. The Bertz CT molecular complexity index is 1290. The molecule has 0 saturated carbocycles. The second-order valence-electron chi connectivity index (χ2n) is 9.38. The monoisotopic (exact) mass is 527 g/mol. The van der Waals surface area contributed by atoms with Gasteiger partial charge in [0.2, 0.25) is 5.91 Å². The highest BCUT2D eigenvalue weighted by atomic mass is 35.5. The van der Waals surface area contributed by atoms with Gasteiger partial charge in [-0.25, -0.2) is 14.8 Å². The third kappa shape index (κ3) is 7.53. The van der Waals surface area contributed by atoms with Crippen molar-refractivity contribution in [2.24, 2.45) is 0 Å². The number of nitrogens with one attached hydrogen (secondary N) is 3. The Balaban J connectivity index is 1.71. The number of carbonyl (C=O) groups is 2. The number of halogens is 1. The second kappa shape index (κ2) is 11.1. The maximum atomic E-state index is 12.3. The van der Waals surface area contributed by atoms with Crippen LogP contribution in [-0.4, -0.2) is 34.1 Å². The molecule has 36 heavy (non-hydrogen) atoms. The van der Waals surface area contributed by atoms with E-state index in [9.17, 15) is 9.59 Å². The van der Waals surface area contributed by atoms with E-state index in [-0.39, 0.29) is 6.54 Å². The minimum atomic E-state index is -0.664. The summed E-state index contributed by atoms with van der Waals surface area (Å²) in [5.74, 6) is -0.414. The zero-order chi connectivity index (χ0) is 26.6. The zero-order valence-corrected chi connectivity index (χ0v) is 22.8. The highest BCUT2D eigenvalue weighted by molar-refractivity contribution is 7.19. The summed E-state index contributed by atoms with van der Waals surface area (Å²) in [7, 11) is 0. The van der Waals surface area contributed by atoms with E-state index in [4.69, 9.17) is 16.3 Å². The molecule has 0 aliphatic heterocycles. The van der Waals surface area contributed by atoms with E-state index < -0.39 is 17.6 Å². The number of amides is 2. The van der Waals surface area contributed by atoms with E-state index in [2.05, 4.69) is 38.6 Å². The molecule has 10 heteroatoms. The second-order valence-corrected chi connectivity index (χ2v) is 10.7. The minimum Gasteiger partial charge on any atom is -0.444 e. The fourth-order valence-corrected chi connectivity index (χ4v) is 4.51. The molecule has 1 aromatic carbocycles. The molecule has 0 spiro atoms. The van der Waals surface area contributed by atoms with Crippen LogP contribution in [0.4, 0.5) is 15.6 Å². The average molecular weight is 528 g/mol. The normalized spacial score (nSPS) is 11.1. The lowest BCUT2D eigenvalue weighted by molar-refractivity contribution is -0.115. The van der Waals surface area contributed by atoms with Crippen LogP contribution in [0.25, 0.3) is 16.1 Å². The van der Waals surface area contributed by atoms with Crippen molar-refractivity contribution in [2.45, 2.75) is 47.1 Å². The van der Waals surface area contributed by atoms with Gasteiger partial charge in [0, 0.05) is 17.5 Å². The molecule has 0 aliphatic rings. The molecule has 0 aliphatic carbocycles. The first-order valence-corrected chi connectivity index (χ1v) is 12.4. The molecule has 0 atom stereocenters. The number of nitrogens with zero attached hydrogens (tertiary/aromatic N) is 2. The molecular weight excluding hydrogens is 498 g/mol. The molecule has 3 rings (SSSR count). The van der Waals surface area contributed by atoms with Gasteiger partial charge in [0.25, 0.3) is 0 Å². The number of thiazole rings is 1. The van der Waals surface area contributed by atoms with Gasteiger partial charge in [-0.15, -0.1) is 0 Å². The number of aromatic nitrogens is 2. The summed E-state index contributed by atoms with van der Waals surface area (Å²) in [5.41, 5.74) is 5.42. The number of aryl methyl sites for hydroxylation is 3. The Morgan fingerprint density at radius 1 is 1.08 bits per heavy atom. The smallest absolute Gasteiger partial charge is 0.408 e. The molecule has 8 nitrogen and oxygen atoms in total. The largest absolute Gasteiger partial charge is 0.444 e. The quantitative estimate of drug-likeness (QED) is 0.310. The first-order valence-electron chi connectivity index (χ1n) is 11.3. The predicted octanol–water partition coefficient (Wildman–Crippen LogP) is 6.33. The van der Waals surface area contributed by atoms with E-state index >= 15 is 0 Å². The molecule has 190 valence electrons.